The number of fused-ring (bicyclic) bond motifs is 2. The second kappa shape index (κ2) is 7.24. The molecule has 7 heteroatoms. The minimum Gasteiger partial charge on any atom is -0.478 e. The zero-order chi connectivity index (χ0) is 19.5. The lowest BCUT2D eigenvalue weighted by Crippen LogP contribution is -2.11. The Kier molecular flexibility index (Phi) is 4.47. The molecule has 7 nitrogen and oxygen atoms in total. The Bertz CT molecular complexity index is 1130. The summed E-state index contributed by atoms with van der Waals surface area (Å²) in [6, 6.07) is 18.0. The Morgan fingerprint density at radius 3 is 2.43 bits per heavy atom. The van der Waals surface area contributed by atoms with Crippen molar-refractivity contribution >= 4 is 35.2 Å². The molecule has 1 heterocycles. The van der Waals surface area contributed by atoms with Gasteiger partial charge in [-0.1, -0.05) is 12.1 Å². The molecule has 0 fully saturated rings. The predicted molar refractivity (Wildman–Crippen MR) is 103 cm³/mol. The van der Waals surface area contributed by atoms with Crippen LogP contribution >= 0.6 is 0 Å². The maximum atomic E-state index is 12.3. The Labute approximate surface area is 159 Å². The molecular weight excluding hydrogens is 358 g/mol. The van der Waals surface area contributed by atoms with Gasteiger partial charge in [0, 0.05) is 11.8 Å². The van der Waals surface area contributed by atoms with Crippen LogP contribution in [-0.4, -0.2) is 23.3 Å². The van der Waals surface area contributed by atoms with Crippen LogP contribution in [0.1, 0.15) is 26.3 Å². The largest absolute Gasteiger partial charge is 0.478 e. The topological polar surface area (TPSA) is 101 Å². The molecule has 3 aromatic rings. The van der Waals surface area contributed by atoms with Gasteiger partial charge in [-0.05, 0) is 54.6 Å². The molecule has 0 bridgehead atoms. The normalized spacial score (nSPS) is 12.6. The van der Waals surface area contributed by atoms with E-state index in [4.69, 9.17) is 9.84 Å². The average molecular weight is 371 g/mol. The summed E-state index contributed by atoms with van der Waals surface area (Å²) in [7, 11) is 0. The van der Waals surface area contributed by atoms with E-state index in [-0.39, 0.29) is 5.56 Å². The number of esters is 1. The van der Waals surface area contributed by atoms with E-state index in [0.717, 1.165) is 0 Å². The SMILES string of the molecule is O=C(O)c1ccc(N=Nc2ccc3c(c2)C=Nc2ccccc2C(=O)O3)cc1. The Morgan fingerprint density at radius 2 is 1.64 bits per heavy atom. The van der Waals surface area contributed by atoms with Crippen molar-refractivity contribution in [3.05, 3.63) is 83.4 Å². The van der Waals surface area contributed by atoms with Gasteiger partial charge in [-0.2, -0.15) is 10.2 Å². The van der Waals surface area contributed by atoms with E-state index in [1.54, 1.807) is 60.8 Å². The van der Waals surface area contributed by atoms with E-state index >= 15 is 0 Å². The van der Waals surface area contributed by atoms with Crippen molar-refractivity contribution in [3.8, 4) is 5.75 Å². The van der Waals surface area contributed by atoms with E-state index in [2.05, 4.69) is 15.2 Å². The summed E-state index contributed by atoms with van der Waals surface area (Å²) < 4.78 is 5.46. The van der Waals surface area contributed by atoms with Gasteiger partial charge >= 0.3 is 11.9 Å². The van der Waals surface area contributed by atoms with Gasteiger partial charge in [0.05, 0.1) is 28.2 Å². The number of ether oxygens (including phenoxy) is 1. The third kappa shape index (κ3) is 3.54. The van der Waals surface area contributed by atoms with Gasteiger partial charge in [0.2, 0.25) is 0 Å². The van der Waals surface area contributed by atoms with Gasteiger partial charge < -0.3 is 9.84 Å². The number of hydrogen-bond acceptors (Lipinski definition) is 6. The molecule has 0 aromatic heterocycles. The number of carbonyl (C=O) groups is 2. The number of aliphatic imine (C=N–C) groups is 1. The van der Waals surface area contributed by atoms with Crippen molar-refractivity contribution in [3.63, 3.8) is 0 Å². The fourth-order valence-corrected chi connectivity index (χ4v) is 2.63. The number of rotatable bonds is 3. The van der Waals surface area contributed by atoms with Crippen molar-refractivity contribution in [1.82, 2.24) is 0 Å². The average Bonchev–Trinajstić information content (AvgIpc) is 2.71. The molecule has 0 spiro atoms. The van der Waals surface area contributed by atoms with Gasteiger partial charge in [0.15, 0.2) is 0 Å². The minimum absolute atomic E-state index is 0.179. The van der Waals surface area contributed by atoms with Gasteiger partial charge in [0.1, 0.15) is 5.75 Å². The van der Waals surface area contributed by atoms with Gasteiger partial charge in [-0.15, -0.1) is 0 Å². The molecule has 0 saturated heterocycles. The van der Waals surface area contributed by atoms with Crippen LogP contribution in [0.5, 0.6) is 5.75 Å². The summed E-state index contributed by atoms with van der Waals surface area (Å²) in [4.78, 5) is 27.6. The Morgan fingerprint density at radius 1 is 0.929 bits per heavy atom. The zero-order valence-electron chi connectivity index (χ0n) is 14.4. The summed E-state index contributed by atoms with van der Waals surface area (Å²) in [6.45, 7) is 0. The van der Waals surface area contributed by atoms with Crippen LogP contribution in [0.2, 0.25) is 0 Å². The maximum Gasteiger partial charge on any atom is 0.345 e. The van der Waals surface area contributed by atoms with Crippen LogP contribution in [-0.2, 0) is 0 Å². The summed E-state index contributed by atoms with van der Waals surface area (Å²) in [5.74, 6) is -1.09. The highest BCUT2D eigenvalue weighted by molar-refractivity contribution is 6.00. The highest BCUT2D eigenvalue weighted by Gasteiger charge is 2.17. The lowest BCUT2D eigenvalue weighted by Gasteiger charge is -2.12. The van der Waals surface area contributed by atoms with E-state index in [9.17, 15) is 9.59 Å². The molecule has 0 radical (unpaired) electrons. The number of aromatic carboxylic acids is 1. The van der Waals surface area contributed by atoms with Crippen LogP contribution in [0.25, 0.3) is 0 Å². The molecule has 0 atom stereocenters. The number of carboxylic acid groups (broad SMARTS) is 1. The first-order valence-electron chi connectivity index (χ1n) is 8.34. The van der Waals surface area contributed by atoms with E-state index in [1.807, 2.05) is 0 Å². The fraction of sp³-hybridized carbons (Fsp3) is 0. The molecule has 0 amide bonds. The Hall–Kier alpha value is -4.13. The van der Waals surface area contributed by atoms with Gasteiger partial charge in [-0.25, -0.2) is 9.59 Å². The lowest BCUT2D eigenvalue weighted by molar-refractivity contribution is 0.0694. The van der Waals surface area contributed by atoms with Crippen molar-refractivity contribution in [2.75, 3.05) is 0 Å². The number of azo groups is 1. The predicted octanol–water partition coefficient (Wildman–Crippen LogP) is 5.08. The van der Waals surface area contributed by atoms with Crippen LogP contribution in [0, 0.1) is 0 Å². The number of hydrogen-bond donors (Lipinski definition) is 1. The highest BCUT2D eigenvalue weighted by atomic mass is 16.5. The summed E-state index contributed by atoms with van der Waals surface area (Å²) >= 11 is 0. The molecule has 1 N–H and O–H groups in total. The van der Waals surface area contributed by atoms with Crippen molar-refractivity contribution < 1.29 is 19.4 Å². The number of carboxylic acids is 1. The molecule has 1 aliphatic rings. The van der Waals surface area contributed by atoms with Crippen molar-refractivity contribution in [2.24, 2.45) is 15.2 Å². The first kappa shape index (κ1) is 17.3. The third-order valence-corrected chi connectivity index (χ3v) is 4.06. The van der Waals surface area contributed by atoms with E-state index < -0.39 is 11.9 Å². The molecule has 0 aliphatic carbocycles. The van der Waals surface area contributed by atoms with Crippen LogP contribution in [0.3, 0.4) is 0 Å². The smallest absolute Gasteiger partial charge is 0.345 e. The number of benzene rings is 3. The standard InChI is InChI=1S/C21H13N3O4/c25-20(26)13-5-7-15(8-6-13)23-24-16-9-10-19-14(11-16)12-22-18-4-2-1-3-17(18)21(27)28-19/h1-12H,(H,25,26). The first-order chi connectivity index (χ1) is 13.6. The van der Waals surface area contributed by atoms with Crippen LogP contribution < -0.4 is 4.74 Å². The number of para-hydroxylation sites is 1. The van der Waals surface area contributed by atoms with E-state index in [0.29, 0.717) is 33.9 Å². The molecule has 0 unspecified atom stereocenters. The van der Waals surface area contributed by atoms with E-state index in [1.165, 1.54) is 12.1 Å². The van der Waals surface area contributed by atoms with Crippen LogP contribution in [0.4, 0.5) is 17.1 Å². The lowest BCUT2D eigenvalue weighted by atomic mass is 10.1. The van der Waals surface area contributed by atoms with Crippen molar-refractivity contribution in [2.45, 2.75) is 0 Å². The minimum atomic E-state index is -0.999. The molecule has 28 heavy (non-hydrogen) atoms. The molecule has 136 valence electrons. The van der Waals surface area contributed by atoms with Gasteiger partial charge in [-0.3, -0.25) is 4.99 Å². The fourth-order valence-electron chi connectivity index (χ4n) is 2.63. The summed E-state index contributed by atoms with van der Waals surface area (Å²) in [6.07, 6.45) is 1.61. The molecule has 3 aromatic carbocycles. The van der Waals surface area contributed by atoms with Crippen LogP contribution in [0.15, 0.2) is 82.0 Å². The summed E-state index contributed by atoms with van der Waals surface area (Å²) in [5, 5.41) is 17.2. The monoisotopic (exact) mass is 371 g/mol. The number of nitrogens with zero attached hydrogens (tertiary/aromatic N) is 3. The highest BCUT2D eigenvalue weighted by Crippen LogP contribution is 2.29. The zero-order valence-corrected chi connectivity index (χ0v) is 14.4. The Balaban J connectivity index is 1.62. The number of carbonyl (C=O) groups excluding carboxylic acids is 1. The quantitative estimate of drug-likeness (QED) is 0.394. The third-order valence-electron chi connectivity index (χ3n) is 4.06. The second-order valence-corrected chi connectivity index (χ2v) is 5.94. The molecule has 4 rings (SSSR count). The second-order valence-electron chi connectivity index (χ2n) is 5.94. The molecule has 1 aliphatic heterocycles. The van der Waals surface area contributed by atoms with Gasteiger partial charge in [0.25, 0.3) is 0 Å². The molecule has 0 saturated carbocycles. The maximum absolute atomic E-state index is 12.3. The molecular formula is C21H13N3O4. The first-order valence-corrected chi connectivity index (χ1v) is 8.34. The summed E-state index contributed by atoms with van der Waals surface area (Å²) in [5.41, 5.74) is 2.77. The van der Waals surface area contributed by atoms with Crippen molar-refractivity contribution in [1.29, 1.82) is 0 Å².